The van der Waals surface area contributed by atoms with Gasteiger partial charge in [-0.1, -0.05) is 6.07 Å². The third-order valence-electron chi connectivity index (χ3n) is 3.41. The van der Waals surface area contributed by atoms with Crippen molar-refractivity contribution in [1.82, 2.24) is 25.1 Å². The minimum absolute atomic E-state index is 0.0372. The maximum Gasteiger partial charge on any atom is 0.224 e. The van der Waals surface area contributed by atoms with Gasteiger partial charge in [-0.25, -0.2) is 0 Å². The molecule has 23 heavy (non-hydrogen) atoms. The first kappa shape index (κ1) is 14.9. The molecule has 0 fully saturated rings. The smallest absolute Gasteiger partial charge is 0.224 e. The molecule has 0 aliphatic carbocycles. The fourth-order valence-electron chi connectivity index (χ4n) is 2.26. The Labute approximate surface area is 134 Å². The maximum absolute atomic E-state index is 12.0. The number of hydrogen-bond donors (Lipinski definition) is 1. The lowest BCUT2D eigenvalue weighted by molar-refractivity contribution is -0.120. The Bertz CT molecular complexity index is 798. The van der Waals surface area contributed by atoms with Gasteiger partial charge in [0.25, 0.3) is 0 Å². The number of carbonyl (C=O) groups excluding carboxylic acids is 1. The number of rotatable bonds is 5. The van der Waals surface area contributed by atoms with Crippen molar-refractivity contribution in [3.63, 3.8) is 0 Å². The molecule has 0 atom stereocenters. The van der Waals surface area contributed by atoms with Crippen LogP contribution >= 0.6 is 0 Å². The van der Waals surface area contributed by atoms with E-state index >= 15 is 0 Å². The van der Waals surface area contributed by atoms with E-state index in [9.17, 15) is 4.79 Å². The van der Waals surface area contributed by atoms with Crippen LogP contribution in [0.15, 0.2) is 55.4 Å². The molecule has 0 aliphatic rings. The molecule has 116 valence electrons. The first-order valence-corrected chi connectivity index (χ1v) is 7.29. The number of nitrogens with zero attached hydrogens (tertiary/aromatic N) is 4. The van der Waals surface area contributed by atoms with Gasteiger partial charge in [0.15, 0.2) is 0 Å². The number of aromatic nitrogens is 4. The molecule has 1 amide bonds. The highest BCUT2D eigenvalue weighted by atomic mass is 16.1. The summed E-state index contributed by atoms with van der Waals surface area (Å²) in [4.78, 5) is 20.2. The van der Waals surface area contributed by atoms with E-state index in [1.165, 1.54) is 0 Å². The van der Waals surface area contributed by atoms with E-state index in [-0.39, 0.29) is 5.91 Å². The second-order valence-electron chi connectivity index (χ2n) is 5.30. The Hall–Kier alpha value is -3.02. The van der Waals surface area contributed by atoms with E-state index in [2.05, 4.69) is 20.4 Å². The fourth-order valence-corrected chi connectivity index (χ4v) is 2.26. The number of nitrogens with one attached hydrogen (secondary N) is 1. The largest absolute Gasteiger partial charge is 0.352 e. The maximum atomic E-state index is 12.0. The van der Waals surface area contributed by atoms with Crippen molar-refractivity contribution in [3.8, 4) is 11.1 Å². The molecule has 3 aromatic heterocycles. The van der Waals surface area contributed by atoms with Crippen molar-refractivity contribution in [2.24, 2.45) is 7.05 Å². The zero-order chi connectivity index (χ0) is 16.1. The third-order valence-corrected chi connectivity index (χ3v) is 3.41. The molecule has 3 heterocycles. The molecule has 0 aliphatic heterocycles. The summed E-state index contributed by atoms with van der Waals surface area (Å²) in [5.41, 5.74) is 3.83. The summed E-state index contributed by atoms with van der Waals surface area (Å²) in [7, 11) is 1.87. The lowest BCUT2D eigenvalue weighted by Gasteiger charge is -2.06. The van der Waals surface area contributed by atoms with E-state index in [0.29, 0.717) is 13.0 Å². The van der Waals surface area contributed by atoms with Crippen LogP contribution in [0.3, 0.4) is 0 Å². The SMILES string of the molecule is Cn1cc(-c2cncc(CNC(=O)Cc3cccnc3)c2)cn1. The Morgan fingerprint density at radius 2 is 2.00 bits per heavy atom. The second-order valence-corrected chi connectivity index (χ2v) is 5.30. The van der Waals surface area contributed by atoms with E-state index in [1.54, 1.807) is 35.7 Å². The van der Waals surface area contributed by atoms with Crippen molar-refractivity contribution < 1.29 is 4.79 Å². The Morgan fingerprint density at radius 3 is 2.74 bits per heavy atom. The van der Waals surface area contributed by atoms with E-state index in [4.69, 9.17) is 0 Å². The summed E-state index contributed by atoms with van der Waals surface area (Å²) < 4.78 is 1.75. The number of carbonyl (C=O) groups is 1. The molecule has 0 saturated heterocycles. The zero-order valence-corrected chi connectivity index (χ0v) is 12.8. The Morgan fingerprint density at radius 1 is 1.13 bits per heavy atom. The normalized spacial score (nSPS) is 10.5. The van der Waals surface area contributed by atoms with Gasteiger partial charge in [0.05, 0.1) is 12.6 Å². The van der Waals surface area contributed by atoms with Gasteiger partial charge in [0, 0.05) is 55.7 Å². The third kappa shape index (κ3) is 4.00. The van der Waals surface area contributed by atoms with Gasteiger partial charge in [-0.15, -0.1) is 0 Å². The summed E-state index contributed by atoms with van der Waals surface area (Å²) in [6, 6.07) is 5.72. The van der Waals surface area contributed by atoms with Crippen LogP contribution in [0.5, 0.6) is 0 Å². The van der Waals surface area contributed by atoms with Crippen LogP contribution in [0, 0.1) is 0 Å². The lowest BCUT2D eigenvalue weighted by Crippen LogP contribution is -2.24. The van der Waals surface area contributed by atoms with Gasteiger partial charge in [-0.3, -0.25) is 19.4 Å². The molecule has 1 N–H and O–H groups in total. The number of aryl methyl sites for hydroxylation is 1. The van der Waals surface area contributed by atoms with E-state index in [0.717, 1.165) is 22.3 Å². The van der Waals surface area contributed by atoms with Crippen molar-refractivity contribution >= 4 is 5.91 Å². The summed E-state index contributed by atoms with van der Waals surface area (Å²) in [5.74, 6) is -0.0372. The molecule has 0 spiro atoms. The zero-order valence-electron chi connectivity index (χ0n) is 12.8. The quantitative estimate of drug-likeness (QED) is 0.779. The predicted octanol–water partition coefficient (Wildman–Crippen LogP) is 1.74. The molecule has 0 unspecified atom stereocenters. The second kappa shape index (κ2) is 6.83. The number of hydrogen-bond acceptors (Lipinski definition) is 4. The van der Waals surface area contributed by atoms with Crippen LogP contribution in [-0.2, 0) is 24.8 Å². The molecule has 0 bridgehead atoms. The van der Waals surface area contributed by atoms with Crippen molar-refractivity contribution in [1.29, 1.82) is 0 Å². The van der Waals surface area contributed by atoms with E-state index < -0.39 is 0 Å². The molecule has 0 saturated carbocycles. The first-order valence-electron chi connectivity index (χ1n) is 7.29. The highest BCUT2D eigenvalue weighted by Crippen LogP contribution is 2.18. The molecular weight excluding hydrogens is 290 g/mol. The summed E-state index contributed by atoms with van der Waals surface area (Å²) in [6.45, 7) is 0.445. The van der Waals surface area contributed by atoms with Crippen molar-refractivity contribution in [2.75, 3.05) is 0 Å². The van der Waals surface area contributed by atoms with E-state index in [1.807, 2.05) is 31.4 Å². The van der Waals surface area contributed by atoms with Gasteiger partial charge < -0.3 is 5.32 Å². The highest BCUT2D eigenvalue weighted by molar-refractivity contribution is 5.78. The minimum atomic E-state index is -0.0372. The average molecular weight is 307 g/mol. The standard InChI is InChI=1S/C17H17N5O/c1-22-12-16(11-21-22)15-5-14(8-19-10-15)9-20-17(23)6-13-3-2-4-18-7-13/h2-5,7-8,10-12H,6,9H2,1H3,(H,20,23). The number of pyridine rings is 2. The molecule has 3 rings (SSSR count). The topological polar surface area (TPSA) is 72.7 Å². The monoisotopic (exact) mass is 307 g/mol. The summed E-state index contributed by atoms with van der Waals surface area (Å²) >= 11 is 0. The predicted molar refractivity (Wildman–Crippen MR) is 86.2 cm³/mol. The van der Waals surface area contributed by atoms with Gasteiger partial charge in [-0.2, -0.15) is 5.10 Å². The molecule has 6 nitrogen and oxygen atoms in total. The molecule has 0 aromatic carbocycles. The average Bonchev–Trinajstić information content (AvgIpc) is 3.01. The van der Waals surface area contributed by atoms with Crippen LogP contribution in [0.2, 0.25) is 0 Å². The Balaban J connectivity index is 1.61. The molecular formula is C17H17N5O. The number of amides is 1. The highest BCUT2D eigenvalue weighted by Gasteiger charge is 2.05. The van der Waals surface area contributed by atoms with Crippen molar-refractivity contribution in [2.45, 2.75) is 13.0 Å². The van der Waals surface area contributed by atoms with Gasteiger partial charge >= 0.3 is 0 Å². The van der Waals surface area contributed by atoms with Crippen LogP contribution in [0.1, 0.15) is 11.1 Å². The summed E-state index contributed by atoms with van der Waals surface area (Å²) in [6.07, 6.45) is 11.0. The lowest BCUT2D eigenvalue weighted by atomic mass is 10.1. The Kier molecular flexibility index (Phi) is 4.42. The van der Waals surface area contributed by atoms with Crippen LogP contribution in [-0.4, -0.2) is 25.7 Å². The van der Waals surface area contributed by atoms with Crippen molar-refractivity contribution in [3.05, 3.63) is 66.5 Å². The van der Waals surface area contributed by atoms with Crippen LogP contribution in [0.4, 0.5) is 0 Å². The fraction of sp³-hybridized carbons (Fsp3) is 0.176. The molecule has 0 radical (unpaired) electrons. The van der Waals surface area contributed by atoms with Gasteiger partial charge in [0.1, 0.15) is 0 Å². The van der Waals surface area contributed by atoms with Gasteiger partial charge in [0.2, 0.25) is 5.91 Å². The van der Waals surface area contributed by atoms with Crippen LogP contribution < -0.4 is 5.32 Å². The van der Waals surface area contributed by atoms with Gasteiger partial charge in [-0.05, 0) is 23.3 Å². The first-order chi connectivity index (χ1) is 11.2. The van der Waals surface area contributed by atoms with Crippen LogP contribution in [0.25, 0.3) is 11.1 Å². The molecule has 6 heteroatoms. The minimum Gasteiger partial charge on any atom is -0.352 e. The summed E-state index contributed by atoms with van der Waals surface area (Å²) in [5, 5.41) is 7.06. The molecule has 3 aromatic rings.